The Morgan fingerprint density at radius 3 is 2.60 bits per heavy atom. The molecule has 0 spiro atoms. The van der Waals surface area contributed by atoms with Crippen molar-refractivity contribution in [2.75, 3.05) is 6.54 Å². The Morgan fingerprint density at radius 1 is 1.60 bits per heavy atom. The van der Waals surface area contributed by atoms with E-state index in [9.17, 15) is 0 Å². The molecule has 56 valence electrons. The van der Waals surface area contributed by atoms with Crippen molar-refractivity contribution in [2.24, 2.45) is 5.73 Å². The highest BCUT2D eigenvalue weighted by molar-refractivity contribution is 9.11. The second-order valence-electron chi connectivity index (χ2n) is 1.93. The molecule has 0 unspecified atom stereocenters. The highest BCUT2D eigenvalue weighted by Gasteiger charge is 1.87. The van der Waals surface area contributed by atoms with Gasteiger partial charge in [0, 0.05) is 4.48 Å². The molecule has 0 rings (SSSR count). The van der Waals surface area contributed by atoms with E-state index in [4.69, 9.17) is 5.73 Å². The van der Waals surface area contributed by atoms with Crippen LogP contribution in [0.3, 0.4) is 0 Å². The van der Waals surface area contributed by atoms with Crippen LogP contribution in [0.1, 0.15) is 6.42 Å². The van der Waals surface area contributed by atoms with Crippen molar-refractivity contribution >= 4 is 15.9 Å². The Kier molecular flexibility index (Phi) is 5.26. The van der Waals surface area contributed by atoms with Gasteiger partial charge in [0.1, 0.15) is 0 Å². The molecule has 0 amide bonds. The molecule has 10 heavy (non-hydrogen) atoms. The maximum absolute atomic E-state index is 5.32. The van der Waals surface area contributed by atoms with E-state index in [0.29, 0.717) is 6.54 Å². The van der Waals surface area contributed by atoms with Gasteiger partial charge in [-0.2, -0.15) is 0 Å². The summed E-state index contributed by atoms with van der Waals surface area (Å²) in [7, 11) is 0. The molecular formula is C8H12BrN. The summed E-state index contributed by atoms with van der Waals surface area (Å²) in [6, 6.07) is 0. The quantitative estimate of drug-likeness (QED) is 0.695. The predicted molar refractivity (Wildman–Crippen MR) is 50.0 cm³/mol. The van der Waals surface area contributed by atoms with Crippen LogP contribution in [0, 0.1) is 0 Å². The molecule has 0 aliphatic heterocycles. The zero-order chi connectivity index (χ0) is 7.98. The molecular weight excluding hydrogens is 190 g/mol. The van der Waals surface area contributed by atoms with Crippen LogP contribution in [-0.2, 0) is 0 Å². The Hall–Kier alpha value is -0.340. The minimum Gasteiger partial charge on any atom is -0.330 e. The minimum absolute atomic E-state index is 0.646. The summed E-state index contributed by atoms with van der Waals surface area (Å²) in [6.07, 6.45) is 4.48. The van der Waals surface area contributed by atoms with Gasteiger partial charge in [-0.3, -0.25) is 0 Å². The molecule has 0 aliphatic rings. The van der Waals surface area contributed by atoms with Crippen LogP contribution in [0.15, 0.2) is 35.4 Å². The largest absolute Gasteiger partial charge is 0.330 e. The third kappa shape index (κ3) is 4.53. The zero-order valence-electron chi connectivity index (χ0n) is 5.94. The molecule has 2 heteroatoms. The lowest BCUT2D eigenvalue weighted by atomic mass is 10.2. The van der Waals surface area contributed by atoms with Gasteiger partial charge >= 0.3 is 0 Å². The molecule has 1 nitrogen and oxygen atoms in total. The van der Waals surface area contributed by atoms with E-state index in [-0.39, 0.29) is 0 Å². The van der Waals surface area contributed by atoms with Crippen molar-refractivity contribution < 1.29 is 0 Å². The van der Waals surface area contributed by atoms with Crippen molar-refractivity contribution in [3.63, 3.8) is 0 Å². The first-order valence-electron chi connectivity index (χ1n) is 3.08. The molecule has 0 aromatic rings. The van der Waals surface area contributed by atoms with Crippen molar-refractivity contribution in [1.82, 2.24) is 0 Å². The molecule has 0 aromatic carbocycles. The van der Waals surface area contributed by atoms with E-state index < -0.39 is 0 Å². The Morgan fingerprint density at radius 2 is 2.20 bits per heavy atom. The summed E-state index contributed by atoms with van der Waals surface area (Å²) in [5.74, 6) is 0. The van der Waals surface area contributed by atoms with E-state index in [1.807, 2.05) is 6.08 Å². The van der Waals surface area contributed by atoms with E-state index in [1.165, 1.54) is 0 Å². The van der Waals surface area contributed by atoms with Crippen molar-refractivity contribution in [1.29, 1.82) is 0 Å². The average molecular weight is 202 g/mol. The number of allylic oxidation sites excluding steroid dienone is 3. The fourth-order valence-electron chi connectivity index (χ4n) is 0.511. The maximum Gasteiger partial charge on any atom is 0.0171 e. The first-order chi connectivity index (χ1) is 4.70. The van der Waals surface area contributed by atoms with E-state index in [1.54, 1.807) is 6.08 Å². The van der Waals surface area contributed by atoms with Gasteiger partial charge in [-0.25, -0.2) is 0 Å². The molecule has 0 atom stereocenters. The molecule has 0 bridgehead atoms. The number of nitrogens with two attached hydrogens (primary N) is 1. The number of hydrogen-bond acceptors (Lipinski definition) is 1. The summed E-state index contributed by atoms with van der Waals surface area (Å²) in [5.41, 5.74) is 6.34. The number of hydrogen-bond donors (Lipinski definition) is 1. The van der Waals surface area contributed by atoms with Crippen LogP contribution < -0.4 is 5.73 Å². The minimum atomic E-state index is 0.646. The standard InChI is InChI=1S/C8H12BrN/c1-3-8(9)6-7(2)4-5-10/h3,6H,1-2,4-5,10H2/b8-6+. The second-order valence-corrected chi connectivity index (χ2v) is 2.85. The van der Waals surface area contributed by atoms with Crippen molar-refractivity contribution in [3.8, 4) is 0 Å². The lowest BCUT2D eigenvalue weighted by Crippen LogP contribution is -1.98. The molecule has 0 aliphatic carbocycles. The van der Waals surface area contributed by atoms with Crippen LogP contribution in [0.25, 0.3) is 0 Å². The summed E-state index contributed by atoms with van der Waals surface area (Å²) >= 11 is 3.29. The third-order valence-electron chi connectivity index (χ3n) is 1.00. The summed E-state index contributed by atoms with van der Waals surface area (Å²) < 4.78 is 0.950. The Balaban J connectivity index is 3.86. The number of rotatable bonds is 4. The van der Waals surface area contributed by atoms with Crippen molar-refractivity contribution in [2.45, 2.75) is 6.42 Å². The highest BCUT2D eigenvalue weighted by Crippen LogP contribution is 2.10. The van der Waals surface area contributed by atoms with E-state index in [2.05, 4.69) is 29.1 Å². The van der Waals surface area contributed by atoms with E-state index in [0.717, 1.165) is 16.5 Å². The van der Waals surface area contributed by atoms with Gasteiger partial charge in [0.2, 0.25) is 0 Å². The third-order valence-corrected chi connectivity index (χ3v) is 1.56. The summed E-state index contributed by atoms with van der Waals surface area (Å²) in [5, 5.41) is 0. The smallest absolute Gasteiger partial charge is 0.0171 e. The molecule has 0 heterocycles. The fourth-order valence-corrected chi connectivity index (χ4v) is 0.835. The Bertz CT molecular complexity index is 159. The molecule has 0 radical (unpaired) electrons. The van der Waals surface area contributed by atoms with Gasteiger partial charge in [0.15, 0.2) is 0 Å². The van der Waals surface area contributed by atoms with Crippen LogP contribution in [0.5, 0.6) is 0 Å². The molecule has 0 saturated carbocycles. The normalized spacial score (nSPS) is 11.2. The second kappa shape index (κ2) is 5.45. The highest BCUT2D eigenvalue weighted by atomic mass is 79.9. The van der Waals surface area contributed by atoms with Gasteiger partial charge in [-0.1, -0.05) is 40.7 Å². The molecule has 2 N–H and O–H groups in total. The van der Waals surface area contributed by atoms with Crippen molar-refractivity contribution in [3.05, 3.63) is 35.4 Å². The molecule has 0 aromatic heterocycles. The van der Waals surface area contributed by atoms with Crippen LogP contribution in [0.4, 0.5) is 0 Å². The maximum atomic E-state index is 5.32. The van der Waals surface area contributed by atoms with Gasteiger partial charge < -0.3 is 5.73 Å². The monoisotopic (exact) mass is 201 g/mol. The lowest BCUT2D eigenvalue weighted by molar-refractivity contribution is 0.977. The first kappa shape index (κ1) is 9.66. The fraction of sp³-hybridized carbons (Fsp3) is 0.250. The summed E-state index contributed by atoms with van der Waals surface area (Å²) in [4.78, 5) is 0. The Labute approximate surface area is 70.4 Å². The van der Waals surface area contributed by atoms with Crippen LogP contribution in [0.2, 0.25) is 0 Å². The first-order valence-corrected chi connectivity index (χ1v) is 3.87. The number of halogens is 1. The molecule has 0 fully saturated rings. The van der Waals surface area contributed by atoms with Gasteiger partial charge in [-0.05, 0) is 19.0 Å². The SMILES string of the molecule is C=C/C(Br)=C\C(=C)CCN. The predicted octanol–water partition coefficient (Wildman–Crippen LogP) is 2.36. The lowest BCUT2D eigenvalue weighted by Gasteiger charge is -1.95. The van der Waals surface area contributed by atoms with Gasteiger partial charge in [0.25, 0.3) is 0 Å². The summed E-state index contributed by atoms with van der Waals surface area (Å²) in [6.45, 7) is 8.03. The molecule has 0 saturated heterocycles. The van der Waals surface area contributed by atoms with E-state index >= 15 is 0 Å². The topological polar surface area (TPSA) is 26.0 Å². The van der Waals surface area contributed by atoms with Gasteiger partial charge in [-0.15, -0.1) is 0 Å². The average Bonchev–Trinajstić information content (AvgIpc) is 1.88. The van der Waals surface area contributed by atoms with Crippen LogP contribution >= 0.6 is 15.9 Å². The zero-order valence-corrected chi connectivity index (χ0v) is 7.52. The van der Waals surface area contributed by atoms with Crippen LogP contribution in [-0.4, -0.2) is 6.54 Å². The van der Waals surface area contributed by atoms with Gasteiger partial charge in [0.05, 0.1) is 0 Å².